The van der Waals surface area contributed by atoms with Crippen LogP contribution in [0.15, 0.2) is 77.2 Å². The number of carbonyl (C=O) groups excluding carboxylic acids is 1. The Morgan fingerprint density at radius 1 is 1.05 bits per heavy atom. The molecule has 0 aliphatic carbocycles. The second-order valence-electron chi connectivity index (χ2n) is 10.5. The Labute approximate surface area is 250 Å². The number of halogens is 2. The fourth-order valence-electron chi connectivity index (χ4n) is 5.66. The van der Waals surface area contributed by atoms with Gasteiger partial charge < -0.3 is 19.6 Å². The van der Waals surface area contributed by atoms with E-state index in [1.807, 2.05) is 16.7 Å². The molecule has 0 bridgehead atoms. The Morgan fingerprint density at radius 3 is 2.55 bits per heavy atom. The van der Waals surface area contributed by atoms with Crippen LogP contribution in [0.2, 0.25) is 0 Å². The highest BCUT2D eigenvalue weighted by Gasteiger charge is 2.28. The van der Waals surface area contributed by atoms with Crippen LogP contribution in [0.3, 0.4) is 0 Å². The largest absolute Gasteiger partial charge is 0.455 e. The molecule has 6 aromatic rings. The van der Waals surface area contributed by atoms with E-state index in [9.17, 15) is 22.0 Å². The van der Waals surface area contributed by atoms with Crippen molar-refractivity contribution in [2.75, 3.05) is 30.0 Å². The van der Waals surface area contributed by atoms with Crippen LogP contribution >= 0.6 is 0 Å². The average molecular weight is 614 g/mol. The van der Waals surface area contributed by atoms with Crippen molar-refractivity contribution in [3.8, 4) is 34.0 Å². The van der Waals surface area contributed by atoms with Crippen molar-refractivity contribution in [1.82, 2.24) is 14.9 Å². The molecule has 222 valence electrons. The highest BCUT2D eigenvalue weighted by Crippen LogP contribution is 2.43. The smallest absolute Gasteiger partial charge is 0.255 e. The molecule has 2 N–H and O–H groups in total. The number of rotatable bonds is 5. The van der Waals surface area contributed by atoms with Crippen molar-refractivity contribution in [2.45, 2.75) is 6.67 Å². The third-order valence-corrected chi connectivity index (χ3v) is 9.13. The van der Waals surface area contributed by atoms with Gasteiger partial charge >= 0.3 is 0 Å². The molecule has 0 fully saturated rings. The first kappa shape index (κ1) is 27.6. The number of amides is 1. The maximum Gasteiger partial charge on any atom is 0.255 e. The number of anilines is 2. The van der Waals surface area contributed by atoms with Gasteiger partial charge in [0, 0.05) is 42.1 Å². The molecule has 0 unspecified atom stereocenters. The van der Waals surface area contributed by atoms with Crippen molar-refractivity contribution in [3.05, 3.63) is 90.0 Å². The standard InChI is InChI=1S/C32H25F2N5O4S/c1-35-32(40)29-21-13-20(26(38(2)44(3,41)42)15-28(21)43-31(29)17-7-9-18(33)10-8-17)23-11-12-24-30(37-23)27-14-19-22(34)5-4-6-25(19)39(27)16-36-24/h4-15,36H,16H2,1-3H3,(H,35,40). The molecular weight excluding hydrogens is 588 g/mol. The van der Waals surface area contributed by atoms with E-state index in [1.165, 1.54) is 44.4 Å². The first-order chi connectivity index (χ1) is 21.0. The maximum atomic E-state index is 14.7. The molecule has 0 saturated carbocycles. The zero-order valence-electron chi connectivity index (χ0n) is 23.8. The molecule has 1 amide bonds. The fraction of sp³-hybridized carbons (Fsp3) is 0.125. The molecule has 0 radical (unpaired) electrons. The summed E-state index contributed by atoms with van der Waals surface area (Å²) in [6.45, 7) is 0.418. The van der Waals surface area contributed by atoms with E-state index in [0.29, 0.717) is 51.2 Å². The predicted octanol–water partition coefficient (Wildman–Crippen LogP) is 6.20. The Morgan fingerprint density at radius 2 is 1.82 bits per heavy atom. The lowest BCUT2D eigenvalue weighted by Crippen LogP contribution is -2.25. The maximum absolute atomic E-state index is 14.7. The molecule has 0 saturated heterocycles. The first-order valence-electron chi connectivity index (χ1n) is 13.6. The number of furan rings is 1. The van der Waals surface area contributed by atoms with Crippen LogP contribution in [0.25, 0.3) is 55.8 Å². The third kappa shape index (κ3) is 4.29. The summed E-state index contributed by atoms with van der Waals surface area (Å²) in [6.07, 6.45) is 1.08. The van der Waals surface area contributed by atoms with Gasteiger partial charge in [0.2, 0.25) is 10.0 Å². The lowest BCUT2D eigenvalue weighted by Gasteiger charge is -2.23. The van der Waals surface area contributed by atoms with Crippen LogP contribution < -0.4 is 14.9 Å². The summed E-state index contributed by atoms with van der Waals surface area (Å²) >= 11 is 0. The van der Waals surface area contributed by atoms with Gasteiger partial charge in [0.1, 0.15) is 28.7 Å². The fourth-order valence-corrected chi connectivity index (χ4v) is 6.17. The van der Waals surface area contributed by atoms with Crippen LogP contribution in [0, 0.1) is 11.6 Å². The van der Waals surface area contributed by atoms with E-state index in [-0.39, 0.29) is 28.4 Å². The molecule has 4 heterocycles. The van der Waals surface area contributed by atoms with Crippen LogP contribution in [0.5, 0.6) is 0 Å². The minimum atomic E-state index is -3.74. The number of hydrogen-bond donors (Lipinski definition) is 2. The summed E-state index contributed by atoms with van der Waals surface area (Å²) in [7, 11) is -0.830. The molecular formula is C32H25F2N5O4S. The van der Waals surface area contributed by atoms with Gasteiger partial charge in [-0.25, -0.2) is 22.2 Å². The Balaban J connectivity index is 1.50. The zero-order valence-corrected chi connectivity index (χ0v) is 24.6. The van der Waals surface area contributed by atoms with E-state index < -0.39 is 21.7 Å². The van der Waals surface area contributed by atoms with Gasteiger partial charge in [-0.3, -0.25) is 9.10 Å². The lowest BCUT2D eigenvalue weighted by molar-refractivity contribution is 0.0964. The van der Waals surface area contributed by atoms with Gasteiger partial charge in [-0.15, -0.1) is 0 Å². The summed E-state index contributed by atoms with van der Waals surface area (Å²) < 4.78 is 63.2. The molecule has 1 aliphatic rings. The number of hydrogen-bond acceptors (Lipinski definition) is 6. The molecule has 12 heteroatoms. The number of nitrogens with zero attached hydrogens (tertiary/aromatic N) is 3. The molecule has 9 nitrogen and oxygen atoms in total. The molecule has 7 rings (SSSR count). The van der Waals surface area contributed by atoms with E-state index in [0.717, 1.165) is 16.2 Å². The number of benzene rings is 3. The topological polar surface area (TPSA) is 109 Å². The van der Waals surface area contributed by atoms with Crippen molar-refractivity contribution in [1.29, 1.82) is 0 Å². The van der Waals surface area contributed by atoms with Gasteiger partial charge in [0.15, 0.2) is 0 Å². The SMILES string of the molecule is CNC(=O)c1c(-c2ccc(F)cc2)oc2cc(N(C)S(C)(=O)=O)c(-c3ccc4c(n3)-c3cc5c(F)cccc5n3CN4)cc12. The highest BCUT2D eigenvalue weighted by atomic mass is 32.2. The highest BCUT2D eigenvalue weighted by molar-refractivity contribution is 7.92. The van der Waals surface area contributed by atoms with Crippen molar-refractivity contribution in [2.24, 2.45) is 0 Å². The van der Waals surface area contributed by atoms with Gasteiger partial charge in [0.05, 0.1) is 46.8 Å². The van der Waals surface area contributed by atoms with E-state index in [2.05, 4.69) is 10.6 Å². The second-order valence-corrected chi connectivity index (χ2v) is 12.6. The molecule has 1 aliphatic heterocycles. The van der Waals surface area contributed by atoms with Crippen molar-refractivity contribution < 1.29 is 26.4 Å². The monoisotopic (exact) mass is 613 g/mol. The van der Waals surface area contributed by atoms with E-state index in [4.69, 9.17) is 9.40 Å². The Hall–Kier alpha value is -5.23. The van der Waals surface area contributed by atoms with Crippen LogP contribution in [-0.2, 0) is 16.7 Å². The van der Waals surface area contributed by atoms with E-state index in [1.54, 1.807) is 30.3 Å². The number of pyridine rings is 1. The minimum absolute atomic E-state index is 0.207. The first-order valence-corrected chi connectivity index (χ1v) is 15.5. The number of fused-ring (bicyclic) bond motifs is 6. The molecule has 44 heavy (non-hydrogen) atoms. The number of aromatic nitrogens is 2. The van der Waals surface area contributed by atoms with Crippen LogP contribution in [0.4, 0.5) is 20.2 Å². The molecule has 3 aromatic carbocycles. The van der Waals surface area contributed by atoms with Gasteiger partial charge in [-0.2, -0.15) is 0 Å². The minimum Gasteiger partial charge on any atom is -0.455 e. The number of sulfonamides is 1. The van der Waals surface area contributed by atoms with Crippen LogP contribution in [0.1, 0.15) is 10.4 Å². The Bertz CT molecular complexity index is 2260. The Kier molecular flexibility index (Phi) is 6.22. The van der Waals surface area contributed by atoms with Crippen molar-refractivity contribution in [3.63, 3.8) is 0 Å². The average Bonchev–Trinajstić information content (AvgIpc) is 3.59. The van der Waals surface area contributed by atoms with Gasteiger partial charge in [-0.05, 0) is 60.7 Å². The summed E-state index contributed by atoms with van der Waals surface area (Å²) in [5.41, 5.74) is 4.75. The summed E-state index contributed by atoms with van der Waals surface area (Å²) in [5.74, 6) is -1.02. The number of nitrogens with one attached hydrogen (secondary N) is 2. The van der Waals surface area contributed by atoms with Gasteiger partial charge in [0.25, 0.3) is 5.91 Å². The van der Waals surface area contributed by atoms with Crippen LogP contribution in [-0.4, -0.2) is 44.2 Å². The van der Waals surface area contributed by atoms with Gasteiger partial charge in [-0.1, -0.05) is 6.07 Å². The number of carbonyl (C=O) groups is 1. The predicted molar refractivity (Wildman–Crippen MR) is 166 cm³/mol. The summed E-state index contributed by atoms with van der Waals surface area (Å²) in [5, 5.41) is 6.83. The quantitative estimate of drug-likeness (QED) is 0.240. The van der Waals surface area contributed by atoms with Crippen molar-refractivity contribution >= 4 is 49.2 Å². The lowest BCUT2D eigenvalue weighted by atomic mass is 10.00. The third-order valence-electron chi connectivity index (χ3n) is 7.94. The molecule has 0 spiro atoms. The summed E-state index contributed by atoms with van der Waals surface area (Å²) in [4.78, 5) is 18.2. The normalized spacial score (nSPS) is 12.6. The summed E-state index contributed by atoms with van der Waals surface area (Å²) in [6, 6.07) is 19.0. The zero-order chi connectivity index (χ0) is 30.9. The van der Waals surface area contributed by atoms with E-state index >= 15 is 0 Å². The molecule has 0 atom stereocenters. The second kappa shape index (κ2) is 9.91. The molecule has 3 aromatic heterocycles.